The lowest BCUT2D eigenvalue weighted by Crippen LogP contribution is -2.43. The monoisotopic (exact) mass is 273 g/mol. The molecule has 0 amide bonds. The summed E-state index contributed by atoms with van der Waals surface area (Å²) < 4.78 is 6.12. The van der Waals surface area contributed by atoms with Gasteiger partial charge in [0.15, 0.2) is 0 Å². The first-order chi connectivity index (χ1) is 9.50. The molecular weight excluding hydrogens is 246 g/mol. The van der Waals surface area contributed by atoms with Crippen molar-refractivity contribution in [3.8, 4) is 5.75 Å². The van der Waals surface area contributed by atoms with Gasteiger partial charge in [-0.25, -0.2) is 0 Å². The van der Waals surface area contributed by atoms with E-state index in [1.165, 1.54) is 37.7 Å². The van der Waals surface area contributed by atoms with Gasteiger partial charge in [0.05, 0.1) is 6.04 Å². The maximum Gasteiger partial charge on any atom is 0.125 e. The minimum atomic E-state index is -0.158. The lowest BCUT2D eigenvalue weighted by atomic mass is 9.75. The summed E-state index contributed by atoms with van der Waals surface area (Å²) in [5.74, 6) is 1.05. The fraction of sp³-hybridized carbons (Fsp3) is 0.667. The number of fused-ring (bicyclic) bond motifs is 1. The van der Waals surface area contributed by atoms with Crippen molar-refractivity contribution in [2.24, 2.45) is 5.41 Å². The Morgan fingerprint density at radius 3 is 2.55 bits per heavy atom. The molecule has 2 aliphatic rings. The Hall–Kier alpha value is -1.02. The highest BCUT2D eigenvalue weighted by Gasteiger charge is 2.41. The van der Waals surface area contributed by atoms with Gasteiger partial charge in [-0.15, -0.1) is 0 Å². The summed E-state index contributed by atoms with van der Waals surface area (Å²) in [6.45, 7) is 7.91. The fourth-order valence-electron chi connectivity index (χ4n) is 3.82. The molecule has 1 unspecified atom stereocenters. The molecule has 1 heterocycles. The van der Waals surface area contributed by atoms with Crippen LogP contribution < -0.4 is 10.1 Å². The van der Waals surface area contributed by atoms with Gasteiger partial charge in [-0.1, -0.05) is 44.4 Å². The topological polar surface area (TPSA) is 21.3 Å². The summed E-state index contributed by atoms with van der Waals surface area (Å²) in [5.41, 5.74) is 1.62. The Morgan fingerprint density at radius 1 is 1.10 bits per heavy atom. The third-order valence-electron chi connectivity index (χ3n) is 5.09. The van der Waals surface area contributed by atoms with E-state index in [-0.39, 0.29) is 5.60 Å². The quantitative estimate of drug-likeness (QED) is 0.878. The molecule has 1 saturated carbocycles. The number of nitrogens with one attached hydrogen (secondary N) is 1. The van der Waals surface area contributed by atoms with Crippen molar-refractivity contribution >= 4 is 0 Å². The van der Waals surface area contributed by atoms with Gasteiger partial charge < -0.3 is 10.1 Å². The maximum absolute atomic E-state index is 6.12. The highest BCUT2D eigenvalue weighted by atomic mass is 16.5. The predicted molar refractivity (Wildman–Crippen MR) is 83.1 cm³/mol. The van der Waals surface area contributed by atoms with Gasteiger partial charge in [-0.3, -0.25) is 0 Å². The van der Waals surface area contributed by atoms with Gasteiger partial charge >= 0.3 is 0 Å². The van der Waals surface area contributed by atoms with E-state index in [9.17, 15) is 0 Å². The van der Waals surface area contributed by atoms with Gasteiger partial charge in [0.1, 0.15) is 11.4 Å². The molecule has 2 nitrogen and oxygen atoms in total. The van der Waals surface area contributed by atoms with Crippen LogP contribution in [0.5, 0.6) is 5.75 Å². The zero-order valence-corrected chi connectivity index (χ0v) is 13.0. The largest absolute Gasteiger partial charge is 0.486 e. The number of benzene rings is 1. The third-order valence-corrected chi connectivity index (χ3v) is 5.09. The summed E-state index contributed by atoms with van der Waals surface area (Å²) in [6.07, 6.45) is 6.90. The first kappa shape index (κ1) is 13.9. The second-order valence-corrected chi connectivity index (χ2v) is 7.43. The molecule has 3 rings (SSSR count). The van der Waals surface area contributed by atoms with Crippen LogP contribution in [-0.2, 0) is 0 Å². The molecule has 110 valence electrons. The number of ether oxygens (including phenoxy) is 1. The molecule has 0 radical (unpaired) electrons. The minimum Gasteiger partial charge on any atom is -0.486 e. The van der Waals surface area contributed by atoms with Crippen molar-refractivity contribution in [2.45, 2.75) is 64.5 Å². The average Bonchev–Trinajstić information content (AvgIpc) is 2.67. The first-order valence-corrected chi connectivity index (χ1v) is 8.02. The molecule has 1 atom stereocenters. The maximum atomic E-state index is 6.12. The molecule has 1 fully saturated rings. The number of hydrogen-bond acceptors (Lipinski definition) is 2. The van der Waals surface area contributed by atoms with E-state index in [2.05, 4.69) is 50.4 Å². The van der Waals surface area contributed by atoms with Gasteiger partial charge in [0.2, 0.25) is 0 Å². The van der Waals surface area contributed by atoms with E-state index in [1.807, 2.05) is 0 Å². The van der Waals surface area contributed by atoms with E-state index < -0.39 is 0 Å². The van der Waals surface area contributed by atoms with Gasteiger partial charge in [0, 0.05) is 12.1 Å². The highest BCUT2D eigenvalue weighted by molar-refractivity contribution is 5.42. The molecule has 0 bridgehead atoms. The highest BCUT2D eigenvalue weighted by Crippen LogP contribution is 2.44. The molecule has 0 spiro atoms. The van der Waals surface area contributed by atoms with Crippen molar-refractivity contribution in [2.75, 3.05) is 6.54 Å². The van der Waals surface area contributed by atoms with Crippen LogP contribution in [0.2, 0.25) is 0 Å². The Balaban J connectivity index is 1.73. The second kappa shape index (κ2) is 5.07. The molecule has 1 aromatic rings. The molecule has 0 aromatic heterocycles. The molecule has 1 N–H and O–H groups in total. The SMILES string of the molecule is CC1(CNC2c3ccccc3OC2(C)C)CCCCC1. The number of hydrogen-bond donors (Lipinski definition) is 1. The van der Waals surface area contributed by atoms with Crippen LogP contribution in [0, 0.1) is 5.41 Å². The van der Waals surface area contributed by atoms with Crippen LogP contribution in [-0.4, -0.2) is 12.1 Å². The first-order valence-electron chi connectivity index (χ1n) is 8.02. The normalized spacial score (nSPS) is 26.9. The molecule has 0 saturated heterocycles. The van der Waals surface area contributed by atoms with Crippen molar-refractivity contribution in [3.63, 3.8) is 0 Å². The van der Waals surface area contributed by atoms with Crippen LogP contribution in [0.1, 0.15) is 64.5 Å². The predicted octanol–water partition coefficient (Wildman–Crippen LogP) is 4.46. The van der Waals surface area contributed by atoms with Crippen LogP contribution >= 0.6 is 0 Å². The standard InChI is InChI=1S/C18H27NO/c1-17(2)16(14-9-5-6-10-15(14)20-17)19-13-18(3)11-7-4-8-12-18/h5-6,9-10,16,19H,4,7-8,11-13H2,1-3H3. The molecule has 2 heteroatoms. The second-order valence-electron chi connectivity index (χ2n) is 7.43. The van der Waals surface area contributed by atoms with Gasteiger partial charge in [-0.05, 0) is 38.2 Å². The lowest BCUT2D eigenvalue weighted by Gasteiger charge is -2.36. The van der Waals surface area contributed by atoms with Crippen LogP contribution in [0.3, 0.4) is 0 Å². The average molecular weight is 273 g/mol. The van der Waals surface area contributed by atoms with Crippen LogP contribution in [0.25, 0.3) is 0 Å². The Kier molecular flexibility index (Phi) is 3.53. The fourth-order valence-corrected chi connectivity index (χ4v) is 3.82. The smallest absolute Gasteiger partial charge is 0.125 e. The molecule has 1 aliphatic carbocycles. The van der Waals surface area contributed by atoms with Gasteiger partial charge in [-0.2, -0.15) is 0 Å². The van der Waals surface area contributed by atoms with Crippen molar-refractivity contribution < 1.29 is 4.74 Å². The number of para-hydroxylation sites is 1. The Bertz CT molecular complexity index is 474. The minimum absolute atomic E-state index is 0.158. The van der Waals surface area contributed by atoms with Crippen molar-refractivity contribution in [1.82, 2.24) is 5.32 Å². The zero-order valence-electron chi connectivity index (χ0n) is 13.0. The summed E-state index contributed by atoms with van der Waals surface area (Å²) >= 11 is 0. The van der Waals surface area contributed by atoms with Crippen molar-refractivity contribution in [1.29, 1.82) is 0 Å². The number of rotatable bonds is 3. The van der Waals surface area contributed by atoms with E-state index >= 15 is 0 Å². The molecule has 1 aromatic carbocycles. The van der Waals surface area contributed by atoms with E-state index in [4.69, 9.17) is 4.74 Å². The van der Waals surface area contributed by atoms with E-state index in [1.54, 1.807) is 0 Å². The summed E-state index contributed by atoms with van der Waals surface area (Å²) in [4.78, 5) is 0. The van der Waals surface area contributed by atoms with Crippen LogP contribution in [0.4, 0.5) is 0 Å². The Morgan fingerprint density at radius 2 is 1.80 bits per heavy atom. The Labute approximate surface area is 122 Å². The summed E-state index contributed by atoms with van der Waals surface area (Å²) in [5, 5.41) is 3.81. The van der Waals surface area contributed by atoms with Crippen LogP contribution in [0.15, 0.2) is 24.3 Å². The van der Waals surface area contributed by atoms with Crippen molar-refractivity contribution in [3.05, 3.63) is 29.8 Å². The summed E-state index contributed by atoms with van der Waals surface area (Å²) in [7, 11) is 0. The molecular formula is C18H27NO. The lowest BCUT2D eigenvalue weighted by molar-refractivity contribution is 0.0859. The zero-order chi connectivity index (χ0) is 14.2. The third kappa shape index (κ3) is 2.58. The van der Waals surface area contributed by atoms with Gasteiger partial charge in [0.25, 0.3) is 0 Å². The molecule has 20 heavy (non-hydrogen) atoms. The van der Waals surface area contributed by atoms with E-state index in [0.29, 0.717) is 11.5 Å². The molecule has 1 aliphatic heterocycles. The van der Waals surface area contributed by atoms with E-state index in [0.717, 1.165) is 12.3 Å². The summed E-state index contributed by atoms with van der Waals surface area (Å²) in [6, 6.07) is 8.75.